The van der Waals surface area contributed by atoms with Crippen molar-refractivity contribution in [3.8, 4) is 5.75 Å². The molecule has 0 radical (unpaired) electrons. The standard InChI is InChI=1S/C19H30N2O2/c1-13-10-20-15-9-14(7-8-17(15)23-13)16(22)11-21-19(5,6)12-18(2,3)4/h7-9,13,20-21H,10-12H2,1-6H3. The molecule has 1 aliphatic rings. The van der Waals surface area contributed by atoms with Crippen molar-refractivity contribution in [2.45, 2.75) is 59.6 Å². The Kier molecular flexibility index (Phi) is 5.04. The Hall–Kier alpha value is -1.55. The van der Waals surface area contributed by atoms with Crippen LogP contribution in [0, 0.1) is 5.41 Å². The maximum absolute atomic E-state index is 12.5. The molecule has 4 heteroatoms. The van der Waals surface area contributed by atoms with E-state index in [2.05, 4.69) is 45.3 Å². The molecule has 1 aliphatic heterocycles. The number of carbonyl (C=O) groups is 1. The van der Waals surface area contributed by atoms with Gasteiger partial charge in [0.2, 0.25) is 0 Å². The zero-order valence-electron chi connectivity index (χ0n) is 15.2. The van der Waals surface area contributed by atoms with Gasteiger partial charge in [0.05, 0.1) is 18.8 Å². The van der Waals surface area contributed by atoms with Crippen LogP contribution in [-0.2, 0) is 0 Å². The minimum atomic E-state index is -0.0705. The molecule has 0 aliphatic carbocycles. The summed E-state index contributed by atoms with van der Waals surface area (Å²) in [5.41, 5.74) is 1.78. The van der Waals surface area contributed by atoms with Gasteiger partial charge in [-0.3, -0.25) is 4.79 Å². The molecule has 1 heterocycles. The molecule has 0 spiro atoms. The number of carbonyl (C=O) groups excluding carboxylic acids is 1. The summed E-state index contributed by atoms with van der Waals surface area (Å²) < 4.78 is 5.75. The lowest BCUT2D eigenvalue weighted by Gasteiger charge is -2.33. The highest BCUT2D eigenvalue weighted by Gasteiger charge is 2.26. The van der Waals surface area contributed by atoms with Gasteiger partial charge in [-0.25, -0.2) is 0 Å². The average Bonchev–Trinajstić information content (AvgIpc) is 2.41. The quantitative estimate of drug-likeness (QED) is 0.809. The molecule has 0 saturated heterocycles. The number of rotatable bonds is 5. The predicted molar refractivity (Wildman–Crippen MR) is 95.5 cm³/mol. The summed E-state index contributed by atoms with van der Waals surface area (Å²) in [6.45, 7) is 14.1. The number of hydrogen-bond acceptors (Lipinski definition) is 4. The molecule has 0 fully saturated rings. The molecule has 4 nitrogen and oxygen atoms in total. The highest BCUT2D eigenvalue weighted by atomic mass is 16.5. The Balaban J connectivity index is 1.99. The molecule has 0 bridgehead atoms. The highest BCUT2D eigenvalue weighted by Crippen LogP contribution is 2.30. The summed E-state index contributed by atoms with van der Waals surface area (Å²) >= 11 is 0. The molecule has 2 N–H and O–H groups in total. The highest BCUT2D eigenvalue weighted by molar-refractivity contribution is 5.98. The van der Waals surface area contributed by atoms with Gasteiger partial charge in [0.15, 0.2) is 5.78 Å². The number of ether oxygens (including phenoxy) is 1. The van der Waals surface area contributed by atoms with E-state index in [-0.39, 0.29) is 22.8 Å². The molecule has 2 rings (SSSR count). The van der Waals surface area contributed by atoms with Gasteiger partial charge in [-0.05, 0) is 50.8 Å². The van der Waals surface area contributed by atoms with Crippen LogP contribution in [0.2, 0.25) is 0 Å². The lowest BCUT2D eigenvalue weighted by atomic mass is 9.82. The first-order valence-electron chi connectivity index (χ1n) is 8.39. The van der Waals surface area contributed by atoms with Gasteiger partial charge < -0.3 is 15.4 Å². The van der Waals surface area contributed by atoms with Crippen molar-refractivity contribution in [2.24, 2.45) is 5.41 Å². The van der Waals surface area contributed by atoms with E-state index in [1.807, 2.05) is 25.1 Å². The Bertz CT molecular complexity index is 573. The monoisotopic (exact) mass is 318 g/mol. The third-order valence-corrected chi connectivity index (χ3v) is 3.91. The largest absolute Gasteiger partial charge is 0.487 e. The van der Waals surface area contributed by atoms with Crippen molar-refractivity contribution >= 4 is 11.5 Å². The summed E-state index contributed by atoms with van der Waals surface area (Å²) in [6.07, 6.45) is 1.16. The summed E-state index contributed by atoms with van der Waals surface area (Å²) in [4.78, 5) is 12.5. The van der Waals surface area contributed by atoms with E-state index >= 15 is 0 Å². The Morgan fingerprint density at radius 2 is 2.00 bits per heavy atom. The third kappa shape index (κ3) is 5.24. The average molecular weight is 318 g/mol. The second-order valence-corrected chi connectivity index (χ2v) is 8.42. The second kappa shape index (κ2) is 6.52. The number of ketones is 1. The van der Waals surface area contributed by atoms with Crippen LogP contribution in [0.15, 0.2) is 18.2 Å². The van der Waals surface area contributed by atoms with Crippen molar-refractivity contribution in [3.63, 3.8) is 0 Å². The van der Waals surface area contributed by atoms with E-state index in [1.54, 1.807) is 0 Å². The van der Waals surface area contributed by atoms with Crippen LogP contribution in [0.25, 0.3) is 0 Å². The SMILES string of the molecule is CC1CNc2cc(C(=O)CNC(C)(C)CC(C)(C)C)ccc2O1. The second-order valence-electron chi connectivity index (χ2n) is 8.42. The lowest BCUT2D eigenvalue weighted by molar-refractivity contribution is 0.0973. The fourth-order valence-electron chi connectivity index (χ4n) is 3.27. The molecule has 0 aromatic heterocycles. The van der Waals surface area contributed by atoms with Gasteiger partial charge >= 0.3 is 0 Å². The molecule has 23 heavy (non-hydrogen) atoms. The van der Waals surface area contributed by atoms with Crippen molar-refractivity contribution in [2.75, 3.05) is 18.4 Å². The lowest BCUT2D eigenvalue weighted by Crippen LogP contribution is -2.44. The molecular weight excluding hydrogens is 288 g/mol. The molecule has 0 amide bonds. The van der Waals surface area contributed by atoms with E-state index in [9.17, 15) is 4.79 Å². The minimum Gasteiger partial charge on any atom is -0.487 e. The van der Waals surface area contributed by atoms with Gasteiger partial charge in [-0.15, -0.1) is 0 Å². The van der Waals surface area contributed by atoms with Gasteiger partial charge in [-0.2, -0.15) is 0 Å². The summed E-state index contributed by atoms with van der Waals surface area (Å²) in [7, 11) is 0. The van der Waals surface area contributed by atoms with Crippen molar-refractivity contribution in [3.05, 3.63) is 23.8 Å². The van der Waals surface area contributed by atoms with E-state index in [1.165, 1.54) is 0 Å². The van der Waals surface area contributed by atoms with Crippen molar-refractivity contribution < 1.29 is 9.53 Å². The number of fused-ring (bicyclic) bond motifs is 1. The molecule has 0 saturated carbocycles. The van der Waals surface area contributed by atoms with E-state index in [4.69, 9.17) is 4.74 Å². The maximum atomic E-state index is 12.5. The van der Waals surface area contributed by atoms with Crippen molar-refractivity contribution in [1.82, 2.24) is 5.32 Å². The van der Waals surface area contributed by atoms with Crippen LogP contribution in [0.1, 0.15) is 58.3 Å². The fourth-order valence-corrected chi connectivity index (χ4v) is 3.27. The molecule has 1 unspecified atom stereocenters. The molecule has 1 atom stereocenters. The smallest absolute Gasteiger partial charge is 0.176 e. The Morgan fingerprint density at radius 3 is 2.65 bits per heavy atom. The number of benzene rings is 1. The van der Waals surface area contributed by atoms with Crippen LogP contribution in [-0.4, -0.2) is 30.5 Å². The van der Waals surface area contributed by atoms with Crippen LogP contribution in [0.5, 0.6) is 5.75 Å². The van der Waals surface area contributed by atoms with E-state index in [0.29, 0.717) is 12.1 Å². The van der Waals surface area contributed by atoms with Gasteiger partial charge in [0.1, 0.15) is 11.9 Å². The van der Waals surface area contributed by atoms with E-state index in [0.717, 1.165) is 24.4 Å². The predicted octanol–water partition coefficient (Wildman–Crippen LogP) is 3.87. The molecule has 1 aromatic carbocycles. The normalized spacial score (nSPS) is 17.9. The summed E-state index contributed by atoms with van der Waals surface area (Å²) in [5.74, 6) is 0.927. The first-order chi connectivity index (χ1) is 10.6. The number of hydrogen-bond donors (Lipinski definition) is 2. The van der Waals surface area contributed by atoms with Crippen LogP contribution >= 0.6 is 0 Å². The minimum absolute atomic E-state index is 0.0705. The number of anilines is 1. The zero-order valence-corrected chi connectivity index (χ0v) is 15.2. The van der Waals surface area contributed by atoms with Crippen LogP contribution in [0.4, 0.5) is 5.69 Å². The first-order valence-corrected chi connectivity index (χ1v) is 8.39. The van der Waals surface area contributed by atoms with Crippen LogP contribution in [0.3, 0.4) is 0 Å². The van der Waals surface area contributed by atoms with Crippen molar-refractivity contribution in [1.29, 1.82) is 0 Å². The number of Topliss-reactive ketones (excluding diaryl/α,β-unsaturated/α-hetero) is 1. The van der Waals surface area contributed by atoms with Gasteiger partial charge in [0.25, 0.3) is 0 Å². The van der Waals surface area contributed by atoms with Gasteiger partial charge in [0, 0.05) is 11.1 Å². The van der Waals surface area contributed by atoms with E-state index < -0.39 is 0 Å². The first kappa shape index (κ1) is 17.8. The fraction of sp³-hybridized carbons (Fsp3) is 0.632. The van der Waals surface area contributed by atoms with Gasteiger partial charge in [-0.1, -0.05) is 20.8 Å². The molecule has 1 aromatic rings. The molecular formula is C19H30N2O2. The topological polar surface area (TPSA) is 50.4 Å². The van der Waals surface area contributed by atoms with Crippen LogP contribution < -0.4 is 15.4 Å². The Labute approximate surface area is 140 Å². The third-order valence-electron chi connectivity index (χ3n) is 3.91. The Morgan fingerprint density at radius 1 is 1.30 bits per heavy atom. The molecule has 128 valence electrons. The summed E-state index contributed by atoms with van der Waals surface area (Å²) in [5, 5.41) is 6.71. The number of nitrogens with one attached hydrogen (secondary N) is 2. The summed E-state index contributed by atoms with van der Waals surface area (Å²) in [6, 6.07) is 5.62. The zero-order chi connectivity index (χ0) is 17.3. The maximum Gasteiger partial charge on any atom is 0.176 e.